The van der Waals surface area contributed by atoms with Crippen molar-refractivity contribution in [3.63, 3.8) is 0 Å². The molecule has 0 saturated carbocycles. The smallest absolute Gasteiger partial charge is 0.416 e. The average Bonchev–Trinajstić information content (AvgIpc) is 3.20. The van der Waals surface area contributed by atoms with Gasteiger partial charge in [0.05, 0.1) is 11.3 Å². The first-order valence-electron chi connectivity index (χ1n) is 7.94. The maximum Gasteiger partial charge on any atom is 0.416 e. The van der Waals surface area contributed by atoms with E-state index in [0.29, 0.717) is 0 Å². The van der Waals surface area contributed by atoms with E-state index in [-0.39, 0.29) is 33.7 Å². The highest BCUT2D eigenvalue weighted by molar-refractivity contribution is 9.10. The van der Waals surface area contributed by atoms with E-state index in [1.807, 2.05) is 0 Å². The number of benzene rings is 2. The number of nitrogens with one attached hydrogen (secondary N) is 2. The normalized spacial score (nSPS) is 11.9. The van der Waals surface area contributed by atoms with Crippen LogP contribution in [-0.2, 0) is 6.18 Å². The van der Waals surface area contributed by atoms with Crippen molar-refractivity contribution in [3.8, 4) is 17.6 Å². The molecule has 3 rings (SSSR count). The lowest BCUT2D eigenvalue weighted by atomic mass is 10.2. The van der Waals surface area contributed by atoms with E-state index >= 15 is 0 Å². The van der Waals surface area contributed by atoms with Crippen molar-refractivity contribution in [3.05, 3.63) is 63.8 Å². The number of alkyl halides is 3. The summed E-state index contributed by atoms with van der Waals surface area (Å²) < 4.78 is 86.0. The van der Waals surface area contributed by atoms with Gasteiger partial charge in [-0.2, -0.15) is 23.6 Å². The largest absolute Gasteiger partial charge is 0.446 e. The van der Waals surface area contributed by atoms with Crippen molar-refractivity contribution < 1.29 is 31.1 Å². The second-order valence-electron chi connectivity index (χ2n) is 5.68. The van der Waals surface area contributed by atoms with Crippen LogP contribution in [0.2, 0.25) is 0 Å². The summed E-state index contributed by atoms with van der Waals surface area (Å²) in [6.07, 6.45) is -3.96. The second kappa shape index (κ2) is 8.64. The maximum atomic E-state index is 14.5. The lowest BCUT2D eigenvalue weighted by Gasteiger charge is -2.15. The molecule has 0 aliphatic carbocycles. The SMILES string of the molecule is N#CC(=CNc1cc(Br)cc(F)c1Oc1c(F)cc(C(F)(F)F)cc1F)c1nn[nH]n1. The number of hydrogen-bond acceptors (Lipinski definition) is 6. The van der Waals surface area contributed by atoms with Crippen molar-refractivity contribution in [2.45, 2.75) is 6.18 Å². The molecule has 0 fully saturated rings. The standard InChI is InChI=1S/C17H7BrF6N6O/c18-9-3-12(21)15(13(4-9)26-6-7(5-25)16-27-29-30-28-16)31-14-10(19)1-8(2-11(14)20)17(22,23)24/h1-4,6,26H,(H,27,28,29,30). The molecule has 3 aromatic rings. The van der Waals surface area contributed by atoms with Crippen LogP contribution in [0.15, 0.2) is 34.9 Å². The van der Waals surface area contributed by atoms with Crippen LogP contribution in [0.25, 0.3) is 5.57 Å². The van der Waals surface area contributed by atoms with Gasteiger partial charge in [-0.1, -0.05) is 15.9 Å². The van der Waals surface area contributed by atoms with Crippen molar-refractivity contribution >= 4 is 27.2 Å². The highest BCUT2D eigenvalue weighted by Crippen LogP contribution is 2.39. The summed E-state index contributed by atoms with van der Waals surface area (Å²) in [5.41, 5.74) is -1.94. The lowest BCUT2D eigenvalue weighted by Crippen LogP contribution is -2.07. The van der Waals surface area contributed by atoms with Crippen LogP contribution in [0.1, 0.15) is 11.4 Å². The Kier molecular flexibility index (Phi) is 6.16. The molecule has 0 aliphatic rings. The van der Waals surface area contributed by atoms with Crippen LogP contribution in [0.5, 0.6) is 11.5 Å². The number of H-pyrrole nitrogens is 1. The van der Waals surface area contributed by atoms with E-state index in [4.69, 9.17) is 10.00 Å². The van der Waals surface area contributed by atoms with Gasteiger partial charge in [-0.3, -0.25) is 0 Å². The molecular formula is C17H7BrF6N6O. The Morgan fingerprint density at radius 2 is 1.74 bits per heavy atom. The Labute approximate surface area is 177 Å². The van der Waals surface area contributed by atoms with Crippen LogP contribution in [0, 0.1) is 28.8 Å². The Bertz CT molecular complexity index is 1170. The van der Waals surface area contributed by atoms with Crippen LogP contribution in [0.3, 0.4) is 0 Å². The molecule has 2 aromatic carbocycles. The third-order valence-electron chi connectivity index (χ3n) is 3.62. The van der Waals surface area contributed by atoms with Gasteiger partial charge in [0, 0.05) is 10.7 Å². The molecule has 1 heterocycles. The summed E-state index contributed by atoms with van der Waals surface area (Å²) in [4.78, 5) is 0. The minimum atomic E-state index is -5.00. The number of hydrogen-bond donors (Lipinski definition) is 2. The van der Waals surface area contributed by atoms with Crippen molar-refractivity contribution in [1.29, 1.82) is 5.26 Å². The molecule has 0 amide bonds. The summed E-state index contributed by atoms with van der Waals surface area (Å²) in [6.45, 7) is 0. The number of nitriles is 1. The monoisotopic (exact) mass is 504 g/mol. The molecular weight excluding hydrogens is 498 g/mol. The number of rotatable bonds is 5. The fourth-order valence-corrected chi connectivity index (χ4v) is 2.70. The molecule has 0 atom stereocenters. The van der Waals surface area contributed by atoms with Gasteiger partial charge in [0.15, 0.2) is 29.0 Å². The minimum Gasteiger partial charge on any atom is -0.446 e. The Balaban J connectivity index is 2.01. The predicted molar refractivity (Wildman–Crippen MR) is 96.9 cm³/mol. The van der Waals surface area contributed by atoms with E-state index in [1.165, 1.54) is 6.07 Å². The fraction of sp³-hybridized carbons (Fsp3) is 0.0588. The van der Waals surface area contributed by atoms with Gasteiger partial charge in [-0.05, 0) is 29.5 Å². The highest BCUT2D eigenvalue weighted by atomic mass is 79.9. The number of aromatic nitrogens is 4. The second-order valence-corrected chi connectivity index (χ2v) is 6.60. The van der Waals surface area contributed by atoms with E-state index in [0.717, 1.165) is 12.3 Å². The zero-order valence-corrected chi connectivity index (χ0v) is 16.3. The first-order valence-corrected chi connectivity index (χ1v) is 8.73. The molecule has 160 valence electrons. The maximum absolute atomic E-state index is 14.5. The topological polar surface area (TPSA) is 99.5 Å². The quantitative estimate of drug-likeness (QED) is 0.367. The molecule has 7 nitrogen and oxygen atoms in total. The van der Waals surface area contributed by atoms with Gasteiger partial charge >= 0.3 is 6.18 Å². The summed E-state index contributed by atoms with van der Waals surface area (Å²) in [5.74, 6) is -6.60. The van der Waals surface area contributed by atoms with E-state index in [2.05, 4.69) is 41.9 Å². The molecule has 0 bridgehead atoms. The van der Waals surface area contributed by atoms with Crippen LogP contribution >= 0.6 is 15.9 Å². The van der Waals surface area contributed by atoms with Crippen LogP contribution in [0.4, 0.5) is 32.0 Å². The van der Waals surface area contributed by atoms with Crippen LogP contribution < -0.4 is 10.1 Å². The van der Waals surface area contributed by atoms with Gasteiger partial charge in [0.2, 0.25) is 5.82 Å². The van der Waals surface area contributed by atoms with Gasteiger partial charge in [-0.15, -0.1) is 10.2 Å². The van der Waals surface area contributed by atoms with Crippen molar-refractivity contribution in [2.75, 3.05) is 5.32 Å². The third-order valence-corrected chi connectivity index (χ3v) is 4.07. The van der Waals surface area contributed by atoms with Gasteiger partial charge in [0.1, 0.15) is 11.6 Å². The van der Waals surface area contributed by atoms with E-state index < -0.39 is 40.7 Å². The Morgan fingerprint density at radius 3 is 2.29 bits per heavy atom. The van der Waals surface area contributed by atoms with Crippen molar-refractivity contribution in [1.82, 2.24) is 20.6 Å². The van der Waals surface area contributed by atoms with E-state index in [9.17, 15) is 26.3 Å². The number of aromatic amines is 1. The van der Waals surface area contributed by atoms with Crippen molar-refractivity contribution in [2.24, 2.45) is 0 Å². The van der Waals surface area contributed by atoms with Gasteiger partial charge < -0.3 is 10.1 Å². The van der Waals surface area contributed by atoms with E-state index in [1.54, 1.807) is 6.07 Å². The molecule has 31 heavy (non-hydrogen) atoms. The Hall–Kier alpha value is -3.60. The van der Waals surface area contributed by atoms with Gasteiger partial charge in [-0.25, -0.2) is 13.2 Å². The molecule has 0 saturated heterocycles. The molecule has 1 aromatic heterocycles. The summed E-state index contributed by atoms with van der Waals surface area (Å²) in [5, 5.41) is 24.3. The van der Waals surface area contributed by atoms with Gasteiger partial charge in [0.25, 0.3) is 0 Å². The summed E-state index contributed by atoms with van der Waals surface area (Å²) >= 11 is 3.02. The average molecular weight is 505 g/mol. The number of nitrogens with zero attached hydrogens (tertiary/aromatic N) is 4. The minimum absolute atomic E-state index is 0.0200. The summed E-state index contributed by atoms with van der Waals surface area (Å²) in [6, 6.07) is 3.93. The molecule has 0 radical (unpaired) electrons. The highest BCUT2D eigenvalue weighted by Gasteiger charge is 2.33. The third kappa shape index (κ3) is 4.94. The Morgan fingerprint density at radius 1 is 1.10 bits per heavy atom. The predicted octanol–water partition coefficient (Wildman–Crippen LogP) is 5.17. The molecule has 14 heteroatoms. The first-order chi connectivity index (χ1) is 14.6. The zero-order chi connectivity index (χ0) is 22.8. The first kappa shape index (κ1) is 22.1. The number of ether oxygens (including phenoxy) is 1. The lowest BCUT2D eigenvalue weighted by molar-refractivity contribution is -0.138. The summed E-state index contributed by atoms with van der Waals surface area (Å²) in [7, 11) is 0. The molecule has 2 N–H and O–H groups in total. The molecule has 0 spiro atoms. The molecule has 0 unspecified atom stereocenters. The number of tetrazole rings is 1. The fourth-order valence-electron chi connectivity index (χ4n) is 2.27. The molecule has 0 aliphatic heterocycles. The zero-order valence-electron chi connectivity index (χ0n) is 14.7. The van der Waals surface area contributed by atoms with Crippen LogP contribution in [-0.4, -0.2) is 20.6 Å². The number of anilines is 1. The number of allylic oxidation sites excluding steroid dienone is 1. The number of halogens is 7.